The van der Waals surface area contributed by atoms with Crippen LogP contribution in [0.5, 0.6) is 0 Å². The second-order valence-electron chi connectivity index (χ2n) is 3.78. The molecule has 0 amide bonds. The molecule has 2 aliphatic rings. The molecule has 0 aromatic carbocycles. The predicted molar refractivity (Wildman–Crippen MR) is 46.7 cm³/mol. The first kappa shape index (κ1) is 7.56. The van der Waals surface area contributed by atoms with Crippen LogP contribution in [-0.2, 0) is 0 Å². The van der Waals surface area contributed by atoms with E-state index in [9.17, 15) is 0 Å². The molecule has 2 heterocycles. The minimum atomic E-state index is 0.834. The first-order valence-corrected chi connectivity index (χ1v) is 4.91. The van der Waals surface area contributed by atoms with Crippen LogP contribution in [0.4, 0.5) is 0 Å². The lowest BCUT2D eigenvalue weighted by Crippen LogP contribution is -2.29. The normalized spacial score (nSPS) is 39.3. The molecule has 2 saturated heterocycles. The highest BCUT2D eigenvalue weighted by Crippen LogP contribution is 2.13. The molecular formula is C9H18N2. The average molecular weight is 154 g/mol. The summed E-state index contributed by atoms with van der Waals surface area (Å²) in [4.78, 5) is 2.60. The summed E-state index contributed by atoms with van der Waals surface area (Å²) in [6.07, 6.45) is 5.63. The third kappa shape index (κ3) is 1.94. The van der Waals surface area contributed by atoms with Crippen molar-refractivity contribution in [1.29, 1.82) is 0 Å². The van der Waals surface area contributed by atoms with Gasteiger partial charge in [-0.2, -0.15) is 0 Å². The van der Waals surface area contributed by atoms with Crippen LogP contribution in [0, 0.1) is 0 Å². The van der Waals surface area contributed by atoms with Gasteiger partial charge < -0.3 is 10.2 Å². The Morgan fingerprint density at radius 2 is 2.00 bits per heavy atom. The minimum absolute atomic E-state index is 0.834. The smallest absolute Gasteiger partial charge is 0.0107 e. The molecule has 2 fully saturated rings. The number of hydrogen-bond donors (Lipinski definition) is 1. The molecule has 2 heteroatoms. The third-order valence-electron chi connectivity index (χ3n) is 2.93. The number of fused-ring (bicyclic) bond motifs is 3. The molecule has 0 radical (unpaired) electrons. The zero-order chi connectivity index (χ0) is 7.52. The molecule has 2 atom stereocenters. The Morgan fingerprint density at radius 3 is 3.00 bits per heavy atom. The van der Waals surface area contributed by atoms with Gasteiger partial charge in [0.2, 0.25) is 0 Å². The highest BCUT2D eigenvalue weighted by molar-refractivity contribution is 4.77. The molecule has 1 N–H and O–H groups in total. The lowest BCUT2D eigenvalue weighted by molar-refractivity contribution is 0.269. The number of nitrogens with zero attached hydrogens (tertiary/aromatic N) is 1. The first-order chi connectivity index (χ1) is 5.45. The molecule has 2 nitrogen and oxygen atoms in total. The van der Waals surface area contributed by atoms with Gasteiger partial charge in [-0.25, -0.2) is 0 Å². The number of hydrogen-bond acceptors (Lipinski definition) is 2. The molecule has 0 spiro atoms. The van der Waals surface area contributed by atoms with Crippen molar-refractivity contribution in [1.82, 2.24) is 10.2 Å². The van der Waals surface area contributed by atoms with Gasteiger partial charge in [0, 0.05) is 19.1 Å². The fraction of sp³-hybridized carbons (Fsp3) is 1.00. The topological polar surface area (TPSA) is 15.3 Å². The molecule has 2 rings (SSSR count). The van der Waals surface area contributed by atoms with Crippen molar-refractivity contribution in [3.8, 4) is 0 Å². The maximum Gasteiger partial charge on any atom is 0.0107 e. The van der Waals surface area contributed by atoms with E-state index in [0.29, 0.717) is 0 Å². The molecular weight excluding hydrogens is 136 g/mol. The summed E-state index contributed by atoms with van der Waals surface area (Å²) in [5, 5.41) is 3.61. The predicted octanol–water partition coefficient (Wildman–Crippen LogP) is 0.834. The van der Waals surface area contributed by atoms with E-state index in [-0.39, 0.29) is 0 Å². The quantitative estimate of drug-likeness (QED) is 0.556. The second-order valence-corrected chi connectivity index (χ2v) is 3.78. The zero-order valence-electron chi connectivity index (χ0n) is 7.18. The lowest BCUT2D eigenvalue weighted by Gasteiger charge is -2.22. The van der Waals surface area contributed by atoms with Gasteiger partial charge in [0.05, 0.1) is 0 Å². The van der Waals surface area contributed by atoms with Crippen molar-refractivity contribution >= 4 is 0 Å². The van der Waals surface area contributed by atoms with Crippen LogP contribution in [0.1, 0.15) is 25.7 Å². The standard InChI is InChI=1S/C9H18N2/c1-2-6-11-7-4-9(3-1)10-5-8-11/h9-10H,1-8H2. The van der Waals surface area contributed by atoms with Gasteiger partial charge in [0.25, 0.3) is 0 Å². The van der Waals surface area contributed by atoms with Gasteiger partial charge in [-0.05, 0) is 32.4 Å². The maximum absolute atomic E-state index is 3.61. The number of nitrogens with one attached hydrogen (secondary N) is 1. The molecule has 64 valence electrons. The van der Waals surface area contributed by atoms with Gasteiger partial charge >= 0.3 is 0 Å². The molecule has 0 aromatic rings. The van der Waals surface area contributed by atoms with Gasteiger partial charge in [-0.1, -0.05) is 6.42 Å². The Kier molecular flexibility index (Phi) is 2.44. The molecule has 2 bridgehead atoms. The molecule has 0 aromatic heterocycles. The van der Waals surface area contributed by atoms with Crippen LogP contribution in [0.2, 0.25) is 0 Å². The fourth-order valence-electron chi connectivity index (χ4n) is 2.18. The largest absolute Gasteiger partial charge is 0.313 e. The van der Waals surface area contributed by atoms with Gasteiger partial charge in [0.15, 0.2) is 0 Å². The van der Waals surface area contributed by atoms with Crippen molar-refractivity contribution in [2.45, 2.75) is 31.7 Å². The van der Waals surface area contributed by atoms with Crippen molar-refractivity contribution in [2.75, 3.05) is 26.2 Å². The van der Waals surface area contributed by atoms with E-state index < -0.39 is 0 Å². The molecule has 0 aliphatic carbocycles. The van der Waals surface area contributed by atoms with Crippen molar-refractivity contribution in [2.24, 2.45) is 0 Å². The van der Waals surface area contributed by atoms with Crippen LogP contribution < -0.4 is 5.32 Å². The summed E-state index contributed by atoms with van der Waals surface area (Å²) >= 11 is 0. The summed E-state index contributed by atoms with van der Waals surface area (Å²) < 4.78 is 0. The van der Waals surface area contributed by atoms with Crippen molar-refractivity contribution < 1.29 is 0 Å². The van der Waals surface area contributed by atoms with Crippen LogP contribution >= 0.6 is 0 Å². The Morgan fingerprint density at radius 1 is 1.00 bits per heavy atom. The minimum Gasteiger partial charge on any atom is -0.313 e. The summed E-state index contributed by atoms with van der Waals surface area (Å²) in [6.45, 7) is 5.16. The molecule has 2 unspecified atom stereocenters. The Labute approximate surface area is 69.0 Å². The SMILES string of the molecule is C1CCN2CCNC(C1)CC2. The van der Waals surface area contributed by atoms with E-state index in [1.165, 1.54) is 51.9 Å². The zero-order valence-corrected chi connectivity index (χ0v) is 7.18. The highest BCUT2D eigenvalue weighted by atomic mass is 15.2. The Hall–Kier alpha value is -0.0800. The van der Waals surface area contributed by atoms with Gasteiger partial charge in [-0.3, -0.25) is 0 Å². The lowest BCUT2D eigenvalue weighted by atomic mass is 10.0. The summed E-state index contributed by atoms with van der Waals surface area (Å²) in [7, 11) is 0. The summed E-state index contributed by atoms with van der Waals surface area (Å²) in [5.74, 6) is 0. The van der Waals surface area contributed by atoms with Crippen LogP contribution in [0.15, 0.2) is 0 Å². The average Bonchev–Trinajstić information content (AvgIpc) is 2.11. The highest BCUT2D eigenvalue weighted by Gasteiger charge is 2.17. The van der Waals surface area contributed by atoms with E-state index in [1.54, 1.807) is 0 Å². The second kappa shape index (κ2) is 3.55. The first-order valence-electron chi connectivity index (χ1n) is 4.91. The molecule has 11 heavy (non-hydrogen) atoms. The maximum atomic E-state index is 3.61. The monoisotopic (exact) mass is 154 g/mol. The van der Waals surface area contributed by atoms with E-state index in [1.807, 2.05) is 0 Å². The molecule has 2 aliphatic heterocycles. The summed E-state index contributed by atoms with van der Waals surface area (Å²) in [5.41, 5.74) is 0. The van der Waals surface area contributed by atoms with Gasteiger partial charge in [-0.15, -0.1) is 0 Å². The van der Waals surface area contributed by atoms with E-state index in [4.69, 9.17) is 0 Å². The summed E-state index contributed by atoms with van der Waals surface area (Å²) in [6, 6.07) is 0.834. The Balaban J connectivity index is 1.97. The Bertz CT molecular complexity index is 107. The fourth-order valence-corrected chi connectivity index (χ4v) is 2.18. The van der Waals surface area contributed by atoms with Crippen molar-refractivity contribution in [3.63, 3.8) is 0 Å². The molecule has 0 saturated carbocycles. The van der Waals surface area contributed by atoms with E-state index >= 15 is 0 Å². The van der Waals surface area contributed by atoms with Crippen molar-refractivity contribution in [3.05, 3.63) is 0 Å². The third-order valence-corrected chi connectivity index (χ3v) is 2.93. The van der Waals surface area contributed by atoms with Gasteiger partial charge in [0.1, 0.15) is 0 Å². The van der Waals surface area contributed by atoms with Crippen LogP contribution in [0.3, 0.4) is 0 Å². The van der Waals surface area contributed by atoms with Crippen LogP contribution in [0.25, 0.3) is 0 Å². The van der Waals surface area contributed by atoms with Crippen LogP contribution in [-0.4, -0.2) is 37.1 Å². The van der Waals surface area contributed by atoms with E-state index in [2.05, 4.69) is 10.2 Å². The van der Waals surface area contributed by atoms with E-state index in [0.717, 1.165) is 6.04 Å². The number of rotatable bonds is 0.